The highest BCUT2D eigenvalue weighted by Crippen LogP contribution is 2.27. The first-order valence-corrected chi connectivity index (χ1v) is 7.85. The number of nitrogens with one attached hydrogen (secondary N) is 1. The second-order valence-electron chi connectivity index (χ2n) is 3.76. The molecule has 5 nitrogen and oxygen atoms in total. The lowest BCUT2D eigenvalue weighted by Gasteiger charge is -2.09. The lowest BCUT2D eigenvalue weighted by atomic mass is 10.3. The number of nitrogens with zero attached hydrogens (tertiary/aromatic N) is 1. The van der Waals surface area contributed by atoms with Gasteiger partial charge in [-0.3, -0.25) is 4.72 Å². The molecule has 0 aliphatic rings. The zero-order valence-corrected chi connectivity index (χ0v) is 12.9. The van der Waals surface area contributed by atoms with Gasteiger partial charge in [0.05, 0.1) is 0 Å². The minimum Gasteiger partial charge on any atom is -0.398 e. The molecule has 0 fully saturated rings. The largest absolute Gasteiger partial charge is 0.398 e. The first kappa shape index (κ1) is 15.0. The van der Waals surface area contributed by atoms with Crippen molar-refractivity contribution in [3.8, 4) is 0 Å². The molecular weight excluding hydrogens is 373 g/mol. The van der Waals surface area contributed by atoms with Crippen molar-refractivity contribution in [1.29, 1.82) is 0 Å². The summed E-state index contributed by atoms with van der Waals surface area (Å²) in [5, 5.41) is 0.112. The van der Waals surface area contributed by atoms with E-state index in [0.29, 0.717) is 0 Å². The van der Waals surface area contributed by atoms with E-state index in [4.69, 9.17) is 17.3 Å². The van der Waals surface area contributed by atoms with Crippen LogP contribution in [0.2, 0.25) is 5.15 Å². The topological polar surface area (TPSA) is 85.1 Å². The van der Waals surface area contributed by atoms with Crippen LogP contribution >= 0.6 is 27.5 Å². The molecule has 1 heterocycles. The fourth-order valence-electron chi connectivity index (χ4n) is 1.41. The van der Waals surface area contributed by atoms with Crippen LogP contribution < -0.4 is 10.5 Å². The van der Waals surface area contributed by atoms with Crippen molar-refractivity contribution in [3.63, 3.8) is 0 Å². The van der Waals surface area contributed by atoms with Crippen LogP contribution in [0.3, 0.4) is 0 Å². The average Bonchev–Trinajstić information content (AvgIpc) is 2.33. The van der Waals surface area contributed by atoms with E-state index >= 15 is 0 Å². The summed E-state index contributed by atoms with van der Waals surface area (Å²) in [6.45, 7) is 0. The van der Waals surface area contributed by atoms with E-state index in [1.807, 2.05) is 0 Å². The Bertz CT molecular complexity index is 770. The molecular formula is C11H8BrClFN3O2S. The summed E-state index contributed by atoms with van der Waals surface area (Å²) in [5.74, 6) is -0.945. The van der Waals surface area contributed by atoms with Gasteiger partial charge in [-0.1, -0.05) is 17.7 Å². The second kappa shape index (κ2) is 5.55. The van der Waals surface area contributed by atoms with Crippen molar-refractivity contribution in [2.24, 2.45) is 0 Å². The summed E-state index contributed by atoms with van der Waals surface area (Å²) in [6, 6.07) is 6.39. The molecule has 2 rings (SSSR count). The van der Waals surface area contributed by atoms with E-state index in [0.717, 1.165) is 12.1 Å². The van der Waals surface area contributed by atoms with Crippen molar-refractivity contribution < 1.29 is 12.8 Å². The third-order valence-electron chi connectivity index (χ3n) is 2.29. The molecule has 1 aromatic heterocycles. The number of pyridine rings is 1. The number of sulfonamides is 1. The summed E-state index contributed by atoms with van der Waals surface area (Å²) in [4.78, 5) is 3.20. The molecule has 3 N–H and O–H groups in total. The average molecular weight is 381 g/mol. The van der Waals surface area contributed by atoms with Crippen molar-refractivity contribution in [2.75, 3.05) is 10.5 Å². The van der Waals surface area contributed by atoms with Gasteiger partial charge in [0.25, 0.3) is 10.0 Å². The van der Waals surface area contributed by atoms with Gasteiger partial charge >= 0.3 is 0 Å². The van der Waals surface area contributed by atoms with Gasteiger partial charge in [0, 0.05) is 10.2 Å². The van der Waals surface area contributed by atoms with Crippen LogP contribution in [0, 0.1) is 5.82 Å². The molecule has 0 radical (unpaired) electrons. The van der Waals surface area contributed by atoms with E-state index < -0.39 is 20.7 Å². The highest BCUT2D eigenvalue weighted by atomic mass is 79.9. The Balaban J connectivity index is 2.43. The van der Waals surface area contributed by atoms with Crippen LogP contribution in [0.4, 0.5) is 15.9 Å². The number of hydrogen-bond donors (Lipinski definition) is 2. The molecule has 0 saturated heterocycles. The van der Waals surface area contributed by atoms with Crippen LogP contribution in [0.1, 0.15) is 0 Å². The number of aromatic nitrogens is 1. The van der Waals surface area contributed by atoms with Crippen LogP contribution in [0.15, 0.2) is 39.7 Å². The molecule has 2 aromatic rings. The summed E-state index contributed by atoms with van der Waals surface area (Å²) in [5.41, 5.74) is 5.66. The molecule has 0 aliphatic carbocycles. The molecule has 0 aliphatic heterocycles. The molecule has 20 heavy (non-hydrogen) atoms. The monoisotopic (exact) mass is 379 g/mol. The first-order valence-electron chi connectivity index (χ1n) is 5.19. The standard InChI is InChI=1S/C11H8BrClFN3O2S/c12-6-4-7(14)9(5-8(6)15)20(18,19)17-11-3-1-2-10(13)16-11/h1-5H,15H2,(H,16,17). The fraction of sp³-hybridized carbons (Fsp3) is 0. The Kier molecular flexibility index (Phi) is 4.17. The lowest BCUT2D eigenvalue weighted by Crippen LogP contribution is -2.16. The van der Waals surface area contributed by atoms with Crippen molar-refractivity contribution >= 4 is 49.1 Å². The number of benzene rings is 1. The quantitative estimate of drug-likeness (QED) is 0.633. The minimum absolute atomic E-state index is 0.0154. The van der Waals surface area contributed by atoms with Gasteiger partial charge in [-0.25, -0.2) is 17.8 Å². The third-order valence-corrected chi connectivity index (χ3v) is 4.56. The zero-order valence-electron chi connectivity index (χ0n) is 9.77. The van der Waals surface area contributed by atoms with Gasteiger partial charge in [0.15, 0.2) is 0 Å². The second-order valence-corrected chi connectivity index (χ2v) is 6.65. The molecule has 9 heteroatoms. The number of halogens is 3. The molecule has 0 spiro atoms. The Morgan fingerprint density at radius 3 is 2.70 bits per heavy atom. The third kappa shape index (κ3) is 3.20. The Morgan fingerprint density at radius 1 is 1.35 bits per heavy atom. The summed E-state index contributed by atoms with van der Waals surface area (Å²) >= 11 is 8.66. The van der Waals surface area contributed by atoms with Crippen LogP contribution in [-0.2, 0) is 10.0 Å². The van der Waals surface area contributed by atoms with E-state index in [1.165, 1.54) is 18.2 Å². The Labute approximate surface area is 128 Å². The molecule has 0 unspecified atom stereocenters. The number of anilines is 2. The number of nitrogens with two attached hydrogens (primary N) is 1. The molecule has 0 bridgehead atoms. The number of rotatable bonds is 3. The molecule has 0 amide bonds. The van der Waals surface area contributed by atoms with Crippen molar-refractivity contribution in [2.45, 2.75) is 4.90 Å². The van der Waals surface area contributed by atoms with Crippen LogP contribution in [-0.4, -0.2) is 13.4 Å². The normalized spacial score (nSPS) is 11.3. The SMILES string of the molecule is Nc1cc(S(=O)(=O)Nc2cccc(Cl)n2)c(F)cc1Br. The van der Waals surface area contributed by atoms with Gasteiger partial charge in [-0.2, -0.15) is 0 Å². The maximum absolute atomic E-state index is 13.8. The van der Waals surface area contributed by atoms with E-state index in [1.54, 1.807) is 0 Å². The van der Waals surface area contributed by atoms with Gasteiger partial charge in [0.1, 0.15) is 21.7 Å². The molecule has 1 aromatic carbocycles. The predicted octanol–water partition coefficient (Wildman–Crippen LogP) is 3.02. The van der Waals surface area contributed by atoms with Crippen molar-refractivity contribution in [1.82, 2.24) is 4.98 Å². The van der Waals surface area contributed by atoms with Crippen molar-refractivity contribution in [3.05, 3.63) is 45.8 Å². The first-order chi connectivity index (χ1) is 9.29. The number of hydrogen-bond acceptors (Lipinski definition) is 4. The highest BCUT2D eigenvalue weighted by molar-refractivity contribution is 9.10. The van der Waals surface area contributed by atoms with Gasteiger partial charge in [-0.05, 0) is 40.2 Å². The van der Waals surface area contributed by atoms with E-state index in [2.05, 4.69) is 25.6 Å². The van der Waals surface area contributed by atoms with Crippen LogP contribution in [0.5, 0.6) is 0 Å². The van der Waals surface area contributed by atoms with E-state index in [9.17, 15) is 12.8 Å². The van der Waals surface area contributed by atoms with E-state index in [-0.39, 0.29) is 21.1 Å². The van der Waals surface area contributed by atoms with Gasteiger partial charge < -0.3 is 5.73 Å². The van der Waals surface area contributed by atoms with Gasteiger partial charge in [-0.15, -0.1) is 0 Å². The van der Waals surface area contributed by atoms with Gasteiger partial charge in [0.2, 0.25) is 0 Å². The maximum Gasteiger partial charge on any atom is 0.266 e. The number of nitrogen functional groups attached to an aromatic ring is 1. The molecule has 0 saturated carbocycles. The highest BCUT2D eigenvalue weighted by Gasteiger charge is 2.21. The predicted molar refractivity (Wildman–Crippen MR) is 78.6 cm³/mol. The Hall–Kier alpha value is -1.38. The summed E-state index contributed by atoms with van der Waals surface area (Å²) in [7, 11) is -4.15. The summed E-state index contributed by atoms with van der Waals surface area (Å²) in [6.07, 6.45) is 0. The zero-order chi connectivity index (χ0) is 14.9. The smallest absolute Gasteiger partial charge is 0.266 e. The van der Waals surface area contributed by atoms with Crippen LogP contribution in [0.25, 0.3) is 0 Å². The Morgan fingerprint density at radius 2 is 2.05 bits per heavy atom. The fourth-order valence-corrected chi connectivity index (χ4v) is 2.98. The molecule has 0 atom stereocenters. The maximum atomic E-state index is 13.8. The molecule has 106 valence electrons. The lowest BCUT2D eigenvalue weighted by molar-refractivity contribution is 0.570. The minimum atomic E-state index is -4.15. The summed E-state index contributed by atoms with van der Waals surface area (Å²) < 4.78 is 40.3.